The Morgan fingerprint density at radius 1 is 1.42 bits per heavy atom. The standard InChI is InChI=1S/C14H24N2O2S/c1-18-10-11-5-8-16(9-11)13(17)14(12(15)19)6-3-2-4-7-14/h11H,2-10H2,1H3,(H2,15,19). The number of carbonyl (C=O) groups excluding carboxylic acids is 1. The zero-order valence-electron chi connectivity index (χ0n) is 11.7. The fourth-order valence-corrected chi connectivity index (χ4v) is 3.70. The molecule has 1 heterocycles. The molecule has 5 heteroatoms. The number of ether oxygens (including phenoxy) is 1. The Morgan fingerprint density at radius 2 is 2.11 bits per heavy atom. The van der Waals surface area contributed by atoms with E-state index >= 15 is 0 Å². The zero-order chi connectivity index (χ0) is 13.9. The summed E-state index contributed by atoms with van der Waals surface area (Å²) in [6.45, 7) is 2.33. The smallest absolute Gasteiger partial charge is 0.235 e. The Labute approximate surface area is 120 Å². The number of nitrogens with two attached hydrogens (primary N) is 1. The minimum absolute atomic E-state index is 0.165. The van der Waals surface area contributed by atoms with Crippen LogP contribution in [0, 0.1) is 11.3 Å². The van der Waals surface area contributed by atoms with E-state index in [1.165, 1.54) is 6.42 Å². The van der Waals surface area contributed by atoms with E-state index in [0.29, 0.717) is 10.9 Å². The molecule has 1 amide bonds. The second-order valence-corrected chi connectivity index (χ2v) is 6.31. The molecule has 0 radical (unpaired) electrons. The number of amides is 1. The molecule has 0 bridgehead atoms. The molecule has 0 aromatic carbocycles. The largest absolute Gasteiger partial charge is 0.392 e. The van der Waals surface area contributed by atoms with Crippen molar-refractivity contribution in [3.63, 3.8) is 0 Å². The molecule has 1 atom stereocenters. The van der Waals surface area contributed by atoms with E-state index in [2.05, 4.69) is 0 Å². The summed E-state index contributed by atoms with van der Waals surface area (Å²) in [5.74, 6) is 0.624. The van der Waals surface area contributed by atoms with Crippen molar-refractivity contribution >= 4 is 23.1 Å². The van der Waals surface area contributed by atoms with Crippen LogP contribution in [0.1, 0.15) is 38.5 Å². The maximum absolute atomic E-state index is 12.8. The molecule has 0 spiro atoms. The van der Waals surface area contributed by atoms with Crippen molar-refractivity contribution in [3.8, 4) is 0 Å². The molecule has 2 rings (SSSR count). The predicted octanol–water partition coefficient (Wildman–Crippen LogP) is 1.72. The zero-order valence-corrected chi connectivity index (χ0v) is 12.5. The molecule has 2 aliphatic rings. The molecule has 4 nitrogen and oxygen atoms in total. The highest BCUT2D eigenvalue weighted by Crippen LogP contribution is 2.39. The molecule has 1 aliphatic carbocycles. The highest BCUT2D eigenvalue weighted by Gasteiger charge is 2.45. The molecule has 19 heavy (non-hydrogen) atoms. The maximum atomic E-state index is 12.8. The molecule has 1 aliphatic heterocycles. The Kier molecular flexibility index (Phi) is 4.79. The molecule has 1 saturated carbocycles. The molecule has 2 N–H and O–H groups in total. The van der Waals surface area contributed by atoms with Crippen molar-refractivity contribution in [1.29, 1.82) is 0 Å². The quantitative estimate of drug-likeness (QED) is 0.799. The first-order valence-electron chi connectivity index (χ1n) is 7.18. The first-order valence-corrected chi connectivity index (χ1v) is 7.59. The fourth-order valence-electron chi connectivity index (χ4n) is 3.41. The molecule has 2 fully saturated rings. The summed E-state index contributed by atoms with van der Waals surface area (Å²) in [4.78, 5) is 15.2. The summed E-state index contributed by atoms with van der Waals surface area (Å²) in [5.41, 5.74) is 5.36. The average molecular weight is 284 g/mol. The van der Waals surface area contributed by atoms with Gasteiger partial charge >= 0.3 is 0 Å². The topological polar surface area (TPSA) is 55.6 Å². The lowest BCUT2D eigenvalue weighted by molar-refractivity contribution is -0.138. The molecule has 0 aromatic rings. The van der Waals surface area contributed by atoms with Crippen LogP contribution in [-0.4, -0.2) is 42.6 Å². The SMILES string of the molecule is COCC1CCN(C(=O)C2(C(N)=S)CCCCC2)C1. The van der Waals surface area contributed by atoms with E-state index in [4.69, 9.17) is 22.7 Å². The first kappa shape index (κ1) is 14.7. The number of hydrogen-bond donors (Lipinski definition) is 1. The molecule has 0 aromatic heterocycles. The van der Waals surface area contributed by atoms with Crippen molar-refractivity contribution in [2.75, 3.05) is 26.8 Å². The van der Waals surface area contributed by atoms with Crippen LogP contribution < -0.4 is 5.73 Å². The second-order valence-electron chi connectivity index (χ2n) is 5.87. The van der Waals surface area contributed by atoms with Gasteiger partial charge in [0.25, 0.3) is 0 Å². The van der Waals surface area contributed by atoms with Crippen LogP contribution >= 0.6 is 12.2 Å². The average Bonchev–Trinajstić information content (AvgIpc) is 2.87. The normalized spacial score (nSPS) is 26.4. The van der Waals surface area contributed by atoms with Crippen molar-refractivity contribution < 1.29 is 9.53 Å². The first-order chi connectivity index (χ1) is 9.10. The Balaban J connectivity index is 2.06. The highest BCUT2D eigenvalue weighted by atomic mass is 32.1. The number of methoxy groups -OCH3 is 1. The van der Waals surface area contributed by atoms with Gasteiger partial charge in [0.1, 0.15) is 0 Å². The lowest BCUT2D eigenvalue weighted by Crippen LogP contribution is -2.51. The number of thiocarbonyl (C=S) groups is 1. The van der Waals surface area contributed by atoms with Gasteiger partial charge in [0.2, 0.25) is 5.91 Å². The van der Waals surface area contributed by atoms with Gasteiger partial charge in [-0.3, -0.25) is 4.79 Å². The van der Waals surface area contributed by atoms with Crippen LogP contribution in [0.3, 0.4) is 0 Å². The number of likely N-dealkylation sites (tertiary alicyclic amines) is 1. The minimum Gasteiger partial charge on any atom is -0.392 e. The third kappa shape index (κ3) is 2.92. The van der Waals surface area contributed by atoms with E-state index in [9.17, 15) is 4.79 Å². The molecule has 108 valence electrons. The third-order valence-electron chi connectivity index (χ3n) is 4.56. The lowest BCUT2D eigenvalue weighted by Gasteiger charge is -2.37. The van der Waals surface area contributed by atoms with Crippen molar-refractivity contribution in [2.45, 2.75) is 38.5 Å². The lowest BCUT2D eigenvalue weighted by atomic mass is 9.73. The summed E-state index contributed by atoms with van der Waals surface area (Å²) >= 11 is 5.23. The van der Waals surface area contributed by atoms with E-state index in [1.807, 2.05) is 4.90 Å². The van der Waals surface area contributed by atoms with Gasteiger partial charge in [-0.25, -0.2) is 0 Å². The third-order valence-corrected chi connectivity index (χ3v) is 4.95. The number of nitrogens with zero attached hydrogens (tertiary/aromatic N) is 1. The Bertz CT molecular complexity index is 353. The summed E-state index contributed by atoms with van der Waals surface area (Å²) in [6, 6.07) is 0. The van der Waals surface area contributed by atoms with Gasteiger partial charge in [-0.15, -0.1) is 0 Å². The maximum Gasteiger partial charge on any atom is 0.235 e. The summed E-state index contributed by atoms with van der Waals surface area (Å²) in [5, 5.41) is 0. The van der Waals surface area contributed by atoms with Crippen LogP contribution in [0.25, 0.3) is 0 Å². The van der Waals surface area contributed by atoms with Crippen molar-refractivity contribution in [3.05, 3.63) is 0 Å². The van der Waals surface area contributed by atoms with Gasteiger partial charge in [-0.2, -0.15) is 0 Å². The summed E-state index contributed by atoms with van der Waals surface area (Å²) in [7, 11) is 1.71. The van der Waals surface area contributed by atoms with Crippen LogP contribution in [0.5, 0.6) is 0 Å². The van der Waals surface area contributed by atoms with E-state index in [0.717, 1.165) is 51.8 Å². The molecule has 1 saturated heterocycles. The molecule has 1 unspecified atom stereocenters. The highest BCUT2D eigenvalue weighted by molar-refractivity contribution is 7.80. The fraction of sp³-hybridized carbons (Fsp3) is 0.857. The molecular weight excluding hydrogens is 260 g/mol. The van der Waals surface area contributed by atoms with Crippen molar-refractivity contribution in [1.82, 2.24) is 4.90 Å². The van der Waals surface area contributed by atoms with Crippen LogP contribution in [0.4, 0.5) is 0 Å². The number of rotatable bonds is 4. The van der Waals surface area contributed by atoms with Gasteiger partial charge < -0.3 is 15.4 Å². The van der Waals surface area contributed by atoms with E-state index in [1.54, 1.807) is 7.11 Å². The van der Waals surface area contributed by atoms with Gasteiger partial charge in [-0.1, -0.05) is 31.5 Å². The van der Waals surface area contributed by atoms with Crippen LogP contribution in [0.2, 0.25) is 0 Å². The van der Waals surface area contributed by atoms with E-state index < -0.39 is 5.41 Å². The van der Waals surface area contributed by atoms with Crippen LogP contribution in [-0.2, 0) is 9.53 Å². The number of hydrogen-bond acceptors (Lipinski definition) is 3. The van der Waals surface area contributed by atoms with Crippen molar-refractivity contribution in [2.24, 2.45) is 17.1 Å². The summed E-state index contributed by atoms with van der Waals surface area (Å²) < 4.78 is 5.18. The monoisotopic (exact) mass is 284 g/mol. The van der Waals surface area contributed by atoms with Gasteiger partial charge in [0.05, 0.1) is 17.0 Å². The predicted molar refractivity (Wildman–Crippen MR) is 78.9 cm³/mol. The van der Waals surface area contributed by atoms with E-state index in [-0.39, 0.29) is 5.91 Å². The summed E-state index contributed by atoms with van der Waals surface area (Å²) in [6.07, 6.45) is 5.97. The minimum atomic E-state index is -0.560. The van der Waals surface area contributed by atoms with Gasteiger partial charge in [0, 0.05) is 26.1 Å². The Hall–Kier alpha value is -0.680. The Morgan fingerprint density at radius 3 is 2.68 bits per heavy atom. The van der Waals surface area contributed by atoms with Gasteiger partial charge in [0.15, 0.2) is 0 Å². The molecular formula is C14H24N2O2S. The second kappa shape index (κ2) is 6.18. The number of carbonyl (C=O) groups is 1. The van der Waals surface area contributed by atoms with Crippen LogP contribution in [0.15, 0.2) is 0 Å². The van der Waals surface area contributed by atoms with Gasteiger partial charge in [-0.05, 0) is 19.3 Å².